The third kappa shape index (κ3) is 4.63. The lowest BCUT2D eigenvalue weighted by Crippen LogP contribution is -2.41. The van der Waals surface area contributed by atoms with E-state index in [2.05, 4.69) is 32.4 Å². The molecule has 3 heterocycles. The summed E-state index contributed by atoms with van der Waals surface area (Å²) in [4.78, 5) is 26.7. The third-order valence-corrected chi connectivity index (χ3v) is 5.81. The summed E-state index contributed by atoms with van der Waals surface area (Å²) >= 11 is 1.72. The molecule has 0 unspecified atom stereocenters. The van der Waals surface area contributed by atoms with Crippen molar-refractivity contribution in [3.05, 3.63) is 40.6 Å². The first-order chi connectivity index (χ1) is 13.7. The summed E-state index contributed by atoms with van der Waals surface area (Å²) in [5.41, 5.74) is 1.86. The molecule has 148 valence electrons. The monoisotopic (exact) mass is 401 g/mol. The van der Waals surface area contributed by atoms with Crippen LogP contribution in [0.15, 0.2) is 35.0 Å². The smallest absolute Gasteiger partial charge is 0.313 e. The number of nitrogens with zero attached hydrogens (tertiary/aromatic N) is 1. The highest BCUT2D eigenvalue weighted by atomic mass is 32.1. The van der Waals surface area contributed by atoms with Gasteiger partial charge in [0.15, 0.2) is 11.5 Å². The standard InChI is InChI=1S/C20H23N3O4S/c24-19(20(25)22-16-1-2-17-18(9-16)27-13-26-17)21-10-14-3-6-23(7-4-14)11-15-5-8-28-12-15/h1-2,5,8-9,12,14H,3-4,6-7,10-11,13H2,(H,21,24)(H,22,25). The summed E-state index contributed by atoms with van der Waals surface area (Å²) in [6, 6.07) is 7.20. The third-order valence-electron chi connectivity index (χ3n) is 5.08. The molecule has 8 heteroatoms. The molecular formula is C20H23N3O4S. The van der Waals surface area contributed by atoms with Gasteiger partial charge in [0.05, 0.1) is 0 Å². The minimum atomic E-state index is -0.672. The summed E-state index contributed by atoms with van der Waals surface area (Å²) < 4.78 is 10.5. The number of hydrogen-bond donors (Lipinski definition) is 2. The molecule has 0 saturated carbocycles. The zero-order valence-corrected chi connectivity index (χ0v) is 16.3. The van der Waals surface area contributed by atoms with Gasteiger partial charge < -0.3 is 20.1 Å². The van der Waals surface area contributed by atoms with Gasteiger partial charge in [-0.1, -0.05) is 0 Å². The van der Waals surface area contributed by atoms with Crippen LogP contribution >= 0.6 is 11.3 Å². The van der Waals surface area contributed by atoms with E-state index >= 15 is 0 Å². The predicted octanol–water partition coefficient (Wildman–Crippen LogP) is 2.44. The Morgan fingerprint density at radius 3 is 2.71 bits per heavy atom. The highest BCUT2D eigenvalue weighted by molar-refractivity contribution is 7.07. The van der Waals surface area contributed by atoms with Gasteiger partial charge >= 0.3 is 11.8 Å². The molecule has 4 rings (SSSR count). The average molecular weight is 401 g/mol. The van der Waals surface area contributed by atoms with Gasteiger partial charge in [-0.25, -0.2) is 0 Å². The van der Waals surface area contributed by atoms with Crippen LogP contribution in [-0.4, -0.2) is 43.1 Å². The molecule has 0 spiro atoms. The summed E-state index contributed by atoms with van der Waals surface area (Å²) in [5, 5.41) is 9.65. The van der Waals surface area contributed by atoms with Crippen molar-refractivity contribution < 1.29 is 19.1 Å². The zero-order valence-electron chi connectivity index (χ0n) is 15.5. The van der Waals surface area contributed by atoms with Crippen molar-refractivity contribution in [3.8, 4) is 11.5 Å². The number of thiophene rings is 1. The number of anilines is 1. The average Bonchev–Trinajstić information content (AvgIpc) is 3.38. The molecule has 0 bridgehead atoms. The first kappa shape index (κ1) is 18.8. The molecule has 2 amide bonds. The number of carbonyl (C=O) groups excluding carboxylic acids is 2. The topological polar surface area (TPSA) is 79.9 Å². The van der Waals surface area contributed by atoms with Crippen LogP contribution in [-0.2, 0) is 16.1 Å². The molecule has 0 atom stereocenters. The lowest BCUT2D eigenvalue weighted by Gasteiger charge is -2.31. The predicted molar refractivity (Wildman–Crippen MR) is 107 cm³/mol. The van der Waals surface area contributed by atoms with Gasteiger partial charge in [-0.2, -0.15) is 11.3 Å². The van der Waals surface area contributed by atoms with E-state index in [0.29, 0.717) is 29.6 Å². The van der Waals surface area contributed by atoms with E-state index in [1.807, 2.05) is 0 Å². The Labute approximate surface area is 167 Å². The maximum atomic E-state index is 12.1. The summed E-state index contributed by atoms with van der Waals surface area (Å²) in [5.74, 6) is 0.313. The maximum absolute atomic E-state index is 12.1. The van der Waals surface area contributed by atoms with Crippen molar-refractivity contribution in [2.24, 2.45) is 5.92 Å². The normalized spacial score (nSPS) is 16.7. The molecule has 7 nitrogen and oxygen atoms in total. The van der Waals surface area contributed by atoms with E-state index in [-0.39, 0.29) is 6.79 Å². The number of rotatable bonds is 5. The van der Waals surface area contributed by atoms with Crippen LogP contribution in [0.3, 0.4) is 0 Å². The molecular weight excluding hydrogens is 378 g/mol. The molecule has 2 aliphatic heterocycles. The molecule has 1 saturated heterocycles. The number of ether oxygens (including phenoxy) is 2. The van der Waals surface area contributed by atoms with Crippen molar-refractivity contribution in [2.75, 3.05) is 31.7 Å². The summed E-state index contributed by atoms with van der Waals surface area (Å²) in [6.45, 7) is 3.71. The van der Waals surface area contributed by atoms with E-state index in [1.165, 1.54) is 5.56 Å². The van der Waals surface area contributed by atoms with Gasteiger partial charge in [0, 0.05) is 24.8 Å². The van der Waals surface area contributed by atoms with E-state index < -0.39 is 11.8 Å². The fraction of sp³-hybridized carbons (Fsp3) is 0.400. The molecule has 1 fully saturated rings. The van der Waals surface area contributed by atoms with E-state index in [1.54, 1.807) is 29.5 Å². The second-order valence-electron chi connectivity index (χ2n) is 7.08. The number of carbonyl (C=O) groups is 2. The molecule has 2 aliphatic rings. The van der Waals surface area contributed by atoms with Gasteiger partial charge in [0.1, 0.15) is 0 Å². The van der Waals surface area contributed by atoms with Crippen molar-refractivity contribution >= 4 is 28.8 Å². The van der Waals surface area contributed by atoms with E-state index in [0.717, 1.165) is 32.5 Å². The highest BCUT2D eigenvalue weighted by Crippen LogP contribution is 2.34. The minimum Gasteiger partial charge on any atom is -0.454 e. The first-order valence-electron chi connectivity index (χ1n) is 9.39. The molecule has 1 aromatic heterocycles. The number of fused-ring (bicyclic) bond motifs is 1. The largest absolute Gasteiger partial charge is 0.454 e. The molecule has 1 aromatic carbocycles. The Kier molecular flexibility index (Phi) is 5.78. The molecule has 2 aromatic rings. The van der Waals surface area contributed by atoms with Crippen molar-refractivity contribution in [1.82, 2.24) is 10.2 Å². The van der Waals surface area contributed by atoms with Crippen LogP contribution in [0, 0.1) is 5.92 Å². The Balaban J connectivity index is 1.18. The lowest BCUT2D eigenvalue weighted by molar-refractivity contribution is -0.136. The van der Waals surface area contributed by atoms with Crippen LogP contribution < -0.4 is 20.1 Å². The number of nitrogens with one attached hydrogen (secondary N) is 2. The number of likely N-dealkylation sites (tertiary alicyclic amines) is 1. The maximum Gasteiger partial charge on any atom is 0.313 e. The van der Waals surface area contributed by atoms with Crippen LogP contribution in [0.1, 0.15) is 18.4 Å². The SMILES string of the molecule is O=C(NCC1CCN(Cc2ccsc2)CC1)C(=O)Nc1ccc2c(c1)OCO2. The minimum absolute atomic E-state index is 0.166. The fourth-order valence-electron chi connectivity index (χ4n) is 3.47. The van der Waals surface area contributed by atoms with Crippen LogP contribution in [0.4, 0.5) is 5.69 Å². The second-order valence-corrected chi connectivity index (χ2v) is 7.86. The van der Waals surface area contributed by atoms with Gasteiger partial charge in [0.25, 0.3) is 0 Å². The Hall–Kier alpha value is -2.58. The van der Waals surface area contributed by atoms with Gasteiger partial charge in [-0.05, 0) is 66.4 Å². The van der Waals surface area contributed by atoms with E-state index in [9.17, 15) is 9.59 Å². The van der Waals surface area contributed by atoms with Crippen molar-refractivity contribution in [3.63, 3.8) is 0 Å². The van der Waals surface area contributed by atoms with Gasteiger partial charge in [0.2, 0.25) is 6.79 Å². The van der Waals surface area contributed by atoms with Gasteiger partial charge in [-0.3, -0.25) is 14.5 Å². The van der Waals surface area contributed by atoms with Crippen LogP contribution in [0.5, 0.6) is 11.5 Å². The molecule has 2 N–H and O–H groups in total. The Morgan fingerprint density at radius 1 is 1.11 bits per heavy atom. The quantitative estimate of drug-likeness (QED) is 0.753. The number of amides is 2. The first-order valence-corrected chi connectivity index (χ1v) is 10.3. The van der Waals surface area contributed by atoms with Crippen LogP contribution in [0.25, 0.3) is 0 Å². The van der Waals surface area contributed by atoms with Gasteiger partial charge in [-0.15, -0.1) is 0 Å². The highest BCUT2D eigenvalue weighted by Gasteiger charge is 2.22. The zero-order chi connectivity index (χ0) is 19.3. The molecule has 28 heavy (non-hydrogen) atoms. The molecule has 0 aliphatic carbocycles. The fourth-order valence-corrected chi connectivity index (χ4v) is 4.13. The Bertz CT molecular complexity index is 832. The van der Waals surface area contributed by atoms with Crippen LogP contribution in [0.2, 0.25) is 0 Å². The van der Waals surface area contributed by atoms with Crippen molar-refractivity contribution in [2.45, 2.75) is 19.4 Å². The number of piperidine rings is 1. The number of hydrogen-bond acceptors (Lipinski definition) is 6. The summed E-state index contributed by atoms with van der Waals surface area (Å²) in [7, 11) is 0. The second kappa shape index (κ2) is 8.62. The van der Waals surface area contributed by atoms with Crippen molar-refractivity contribution in [1.29, 1.82) is 0 Å². The Morgan fingerprint density at radius 2 is 1.93 bits per heavy atom. The van der Waals surface area contributed by atoms with E-state index in [4.69, 9.17) is 9.47 Å². The number of benzene rings is 1. The lowest BCUT2D eigenvalue weighted by atomic mass is 9.96. The summed E-state index contributed by atoms with van der Waals surface area (Å²) in [6.07, 6.45) is 2.04. The molecule has 0 radical (unpaired) electrons.